The van der Waals surface area contributed by atoms with Crippen LogP contribution in [0.1, 0.15) is 12.5 Å². The number of aliphatic hydroxyl groups excluding tert-OH is 1. The molecule has 0 spiro atoms. The molecule has 0 aromatic heterocycles. The second kappa shape index (κ2) is 4.37. The molecule has 1 aromatic rings. The highest BCUT2D eigenvalue weighted by Gasteiger charge is 2.19. The van der Waals surface area contributed by atoms with E-state index in [2.05, 4.69) is 15.9 Å². The Morgan fingerprint density at radius 2 is 2.33 bits per heavy atom. The second-order valence-corrected chi connectivity index (χ2v) is 4.70. The lowest BCUT2D eigenvalue weighted by atomic mass is 10.0. The van der Waals surface area contributed by atoms with Gasteiger partial charge in [0, 0.05) is 22.6 Å². The van der Waals surface area contributed by atoms with Crippen LogP contribution < -0.4 is 4.74 Å². The van der Waals surface area contributed by atoms with Crippen LogP contribution in [-0.4, -0.2) is 17.8 Å². The molecule has 0 unspecified atom stereocenters. The maximum atomic E-state index is 9.06. The smallest absolute Gasteiger partial charge is 0.127 e. The molecule has 2 nitrogen and oxygen atoms in total. The first-order valence-electron chi connectivity index (χ1n) is 4.96. The molecule has 1 aromatic carbocycles. The number of rotatable bonds is 2. The fraction of sp³-hybridized carbons (Fsp3) is 0.333. The predicted octanol–water partition coefficient (Wildman–Crippen LogP) is 2.85. The van der Waals surface area contributed by atoms with Gasteiger partial charge >= 0.3 is 0 Å². The van der Waals surface area contributed by atoms with E-state index in [0.29, 0.717) is 0 Å². The highest BCUT2D eigenvalue weighted by Crippen LogP contribution is 2.30. The third-order valence-corrected chi connectivity index (χ3v) is 3.04. The summed E-state index contributed by atoms with van der Waals surface area (Å²) in [4.78, 5) is 0. The van der Waals surface area contributed by atoms with Crippen LogP contribution in [-0.2, 0) is 0 Å². The molecule has 0 fully saturated rings. The number of hydrogen-bond acceptors (Lipinski definition) is 2. The van der Waals surface area contributed by atoms with E-state index in [0.717, 1.165) is 15.8 Å². The molecule has 2 atom stereocenters. The van der Waals surface area contributed by atoms with Gasteiger partial charge in [0.15, 0.2) is 0 Å². The van der Waals surface area contributed by atoms with Crippen LogP contribution in [0.2, 0.25) is 0 Å². The van der Waals surface area contributed by atoms with Gasteiger partial charge in [-0.25, -0.2) is 0 Å². The minimum absolute atomic E-state index is 0.0244. The molecule has 1 aliphatic heterocycles. The summed E-state index contributed by atoms with van der Waals surface area (Å²) in [5.74, 6) is 1.00. The first kappa shape index (κ1) is 10.7. The highest BCUT2D eigenvalue weighted by molar-refractivity contribution is 9.10. The van der Waals surface area contributed by atoms with Crippen molar-refractivity contribution in [3.8, 4) is 5.75 Å². The molecule has 1 aliphatic rings. The predicted molar refractivity (Wildman–Crippen MR) is 63.8 cm³/mol. The van der Waals surface area contributed by atoms with Gasteiger partial charge in [-0.1, -0.05) is 28.9 Å². The normalized spacial score (nSPS) is 20.6. The summed E-state index contributed by atoms with van der Waals surface area (Å²) in [6.07, 6.45) is 4.01. The van der Waals surface area contributed by atoms with Gasteiger partial charge in [0.1, 0.15) is 11.9 Å². The molecule has 0 saturated carbocycles. The maximum absolute atomic E-state index is 9.06. The van der Waals surface area contributed by atoms with Crippen molar-refractivity contribution in [2.45, 2.75) is 13.0 Å². The summed E-state index contributed by atoms with van der Waals surface area (Å²) in [5.41, 5.74) is 1.07. The van der Waals surface area contributed by atoms with Crippen molar-refractivity contribution in [2.24, 2.45) is 5.92 Å². The number of hydrogen-bond donors (Lipinski definition) is 1. The Kier molecular flexibility index (Phi) is 3.12. The van der Waals surface area contributed by atoms with Crippen LogP contribution in [0, 0.1) is 5.92 Å². The standard InChI is InChI=1S/C12H13BrO2/c1-8(7-14)11-4-2-9-6-10(13)3-5-12(9)15-11/h2-6,8,11,14H,7H2,1H3/t8-,11+/m0/s1. The van der Waals surface area contributed by atoms with Gasteiger partial charge in [-0.05, 0) is 24.3 Å². The van der Waals surface area contributed by atoms with Crippen molar-refractivity contribution < 1.29 is 9.84 Å². The lowest BCUT2D eigenvalue weighted by molar-refractivity contribution is 0.127. The number of halogens is 1. The van der Waals surface area contributed by atoms with E-state index in [1.54, 1.807) is 0 Å². The number of benzene rings is 1. The monoisotopic (exact) mass is 268 g/mol. The van der Waals surface area contributed by atoms with Gasteiger partial charge in [0.2, 0.25) is 0 Å². The Bertz CT molecular complexity index is 387. The van der Waals surface area contributed by atoms with Crippen LogP contribution in [0.15, 0.2) is 28.7 Å². The van der Waals surface area contributed by atoms with Crippen molar-refractivity contribution in [3.63, 3.8) is 0 Å². The third-order valence-electron chi connectivity index (χ3n) is 2.55. The van der Waals surface area contributed by atoms with Gasteiger partial charge in [-0.2, -0.15) is 0 Å². The van der Waals surface area contributed by atoms with Gasteiger partial charge in [-0.3, -0.25) is 0 Å². The molecule has 1 N–H and O–H groups in total. The molecule has 3 heteroatoms. The molecule has 0 amide bonds. The maximum Gasteiger partial charge on any atom is 0.127 e. The largest absolute Gasteiger partial charge is 0.485 e. The highest BCUT2D eigenvalue weighted by atomic mass is 79.9. The molecular formula is C12H13BrO2. The van der Waals surface area contributed by atoms with Crippen LogP contribution >= 0.6 is 15.9 Å². The topological polar surface area (TPSA) is 29.5 Å². The number of ether oxygens (including phenoxy) is 1. The summed E-state index contributed by atoms with van der Waals surface area (Å²) in [6, 6.07) is 5.92. The molecule has 80 valence electrons. The molecule has 2 rings (SSSR count). The minimum Gasteiger partial charge on any atom is -0.485 e. The van der Waals surface area contributed by atoms with E-state index in [4.69, 9.17) is 9.84 Å². The summed E-state index contributed by atoms with van der Waals surface area (Å²) in [5, 5.41) is 9.06. The number of fused-ring (bicyclic) bond motifs is 1. The third kappa shape index (κ3) is 2.24. The zero-order valence-corrected chi connectivity index (χ0v) is 10.1. The van der Waals surface area contributed by atoms with Gasteiger partial charge < -0.3 is 9.84 Å². The lowest BCUT2D eigenvalue weighted by Crippen LogP contribution is -2.27. The first-order chi connectivity index (χ1) is 7.20. The number of aliphatic hydroxyl groups is 1. The molecule has 0 bridgehead atoms. The van der Waals surface area contributed by atoms with E-state index in [1.165, 1.54) is 0 Å². The zero-order chi connectivity index (χ0) is 10.8. The van der Waals surface area contributed by atoms with E-state index < -0.39 is 0 Å². The minimum atomic E-state index is -0.0244. The average Bonchev–Trinajstić information content (AvgIpc) is 2.27. The Labute approximate surface area is 97.7 Å². The van der Waals surface area contributed by atoms with Crippen molar-refractivity contribution in [1.29, 1.82) is 0 Å². The van der Waals surface area contributed by atoms with Crippen LogP contribution in [0.3, 0.4) is 0 Å². The fourth-order valence-electron chi connectivity index (χ4n) is 1.55. The van der Waals surface area contributed by atoms with Crippen LogP contribution in [0.4, 0.5) is 0 Å². The zero-order valence-electron chi connectivity index (χ0n) is 8.48. The molecule has 0 saturated heterocycles. The molecule has 15 heavy (non-hydrogen) atoms. The summed E-state index contributed by atoms with van der Waals surface area (Å²) >= 11 is 3.42. The van der Waals surface area contributed by atoms with E-state index in [1.807, 2.05) is 37.3 Å². The molecular weight excluding hydrogens is 256 g/mol. The van der Waals surface area contributed by atoms with Crippen LogP contribution in [0.5, 0.6) is 5.75 Å². The second-order valence-electron chi connectivity index (χ2n) is 3.78. The average molecular weight is 269 g/mol. The Morgan fingerprint density at radius 1 is 1.53 bits per heavy atom. The SMILES string of the molecule is C[C@@H](CO)[C@H]1C=Cc2cc(Br)ccc2O1. The van der Waals surface area contributed by atoms with E-state index in [-0.39, 0.29) is 18.6 Å². The van der Waals surface area contributed by atoms with E-state index in [9.17, 15) is 0 Å². The van der Waals surface area contributed by atoms with Crippen molar-refractivity contribution in [1.82, 2.24) is 0 Å². The fourth-order valence-corrected chi connectivity index (χ4v) is 1.93. The van der Waals surface area contributed by atoms with Crippen molar-refractivity contribution in [3.05, 3.63) is 34.3 Å². The van der Waals surface area contributed by atoms with Gasteiger partial charge in [-0.15, -0.1) is 0 Å². The van der Waals surface area contributed by atoms with Crippen LogP contribution in [0.25, 0.3) is 6.08 Å². The summed E-state index contributed by atoms with van der Waals surface area (Å²) < 4.78 is 6.82. The summed E-state index contributed by atoms with van der Waals surface area (Å²) in [6.45, 7) is 2.11. The quantitative estimate of drug-likeness (QED) is 0.894. The van der Waals surface area contributed by atoms with Crippen molar-refractivity contribution >= 4 is 22.0 Å². The Hall–Kier alpha value is -0.800. The lowest BCUT2D eigenvalue weighted by Gasteiger charge is -2.25. The van der Waals surface area contributed by atoms with Gasteiger partial charge in [0.25, 0.3) is 0 Å². The van der Waals surface area contributed by atoms with Gasteiger partial charge in [0.05, 0.1) is 0 Å². The molecule has 1 heterocycles. The first-order valence-corrected chi connectivity index (χ1v) is 5.75. The summed E-state index contributed by atoms with van der Waals surface area (Å²) in [7, 11) is 0. The molecule has 0 radical (unpaired) electrons. The molecule has 0 aliphatic carbocycles. The Balaban J connectivity index is 2.24. The van der Waals surface area contributed by atoms with E-state index >= 15 is 0 Å². The Morgan fingerprint density at radius 3 is 3.07 bits per heavy atom. The van der Waals surface area contributed by atoms with Crippen molar-refractivity contribution in [2.75, 3.05) is 6.61 Å².